The molecule has 1 amide bonds. The largest absolute Gasteiger partial charge is 0.378 e. The van der Waals surface area contributed by atoms with Gasteiger partial charge < -0.3 is 20.3 Å². The summed E-state index contributed by atoms with van der Waals surface area (Å²) in [5.41, 5.74) is 2.18. The molecule has 1 aliphatic heterocycles. The molecule has 0 unspecified atom stereocenters. The number of benzene rings is 2. The molecule has 154 valence electrons. The number of morpholine rings is 1. The number of hydrogen-bond acceptors (Lipinski definition) is 6. The molecule has 4 rings (SSSR count). The Labute approximate surface area is 183 Å². The Morgan fingerprint density at radius 2 is 1.73 bits per heavy atom. The standard InChI is InChI=1S/C22H22BrN5O2/c1-15-24-20(14-21(25-15)28-10-12-30-13-11-28)26-16-6-8-17(9-7-16)27-22(29)18-4-2-3-5-19(18)23/h2-9,14H,10-13H2,1H3,(H,27,29)(H,24,25,26). The minimum atomic E-state index is -0.162. The van der Waals surface area contributed by atoms with Crippen molar-refractivity contribution in [3.05, 3.63) is 70.5 Å². The molecule has 30 heavy (non-hydrogen) atoms. The Balaban J connectivity index is 1.44. The average Bonchev–Trinajstić information content (AvgIpc) is 2.75. The highest BCUT2D eigenvalue weighted by Crippen LogP contribution is 2.23. The van der Waals surface area contributed by atoms with E-state index in [0.29, 0.717) is 30.3 Å². The summed E-state index contributed by atoms with van der Waals surface area (Å²) in [6, 6.07) is 16.8. The molecule has 0 spiro atoms. The molecule has 2 aromatic carbocycles. The van der Waals surface area contributed by atoms with Crippen molar-refractivity contribution in [3.8, 4) is 0 Å². The zero-order valence-corrected chi connectivity index (χ0v) is 18.1. The number of carbonyl (C=O) groups excluding carboxylic acids is 1. The summed E-state index contributed by atoms with van der Waals surface area (Å²) in [7, 11) is 0. The van der Waals surface area contributed by atoms with Crippen LogP contribution in [0.2, 0.25) is 0 Å². The van der Waals surface area contributed by atoms with Crippen LogP contribution >= 0.6 is 15.9 Å². The third-order valence-corrected chi connectivity index (χ3v) is 5.38. The quantitative estimate of drug-likeness (QED) is 0.579. The van der Waals surface area contributed by atoms with Gasteiger partial charge in [0.1, 0.15) is 17.5 Å². The first-order valence-corrected chi connectivity index (χ1v) is 10.5. The number of amides is 1. The molecule has 2 N–H and O–H groups in total. The topological polar surface area (TPSA) is 79.4 Å². The number of halogens is 1. The van der Waals surface area contributed by atoms with Gasteiger partial charge in [-0.3, -0.25) is 4.79 Å². The zero-order valence-electron chi connectivity index (χ0n) is 16.6. The van der Waals surface area contributed by atoms with Crippen LogP contribution in [-0.4, -0.2) is 42.2 Å². The molecule has 0 atom stereocenters. The van der Waals surface area contributed by atoms with E-state index in [2.05, 4.69) is 41.4 Å². The minimum absolute atomic E-state index is 0.162. The molecular weight excluding hydrogens is 446 g/mol. The van der Waals surface area contributed by atoms with E-state index in [1.807, 2.05) is 55.5 Å². The summed E-state index contributed by atoms with van der Waals surface area (Å²) in [5.74, 6) is 2.17. The van der Waals surface area contributed by atoms with Crippen molar-refractivity contribution in [2.24, 2.45) is 0 Å². The summed E-state index contributed by atoms with van der Waals surface area (Å²) >= 11 is 3.41. The molecule has 8 heteroatoms. The predicted octanol–water partition coefficient (Wildman–Crippen LogP) is 4.38. The third kappa shape index (κ3) is 4.95. The van der Waals surface area contributed by atoms with E-state index in [0.717, 1.165) is 34.9 Å². The Morgan fingerprint density at radius 1 is 1.03 bits per heavy atom. The third-order valence-electron chi connectivity index (χ3n) is 4.69. The van der Waals surface area contributed by atoms with Gasteiger partial charge in [-0.2, -0.15) is 0 Å². The lowest BCUT2D eigenvalue weighted by Crippen LogP contribution is -2.36. The van der Waals surface area contributed by atoms with Gasteiger partial charge in [-0.1, -0.05) is 12.1 Å². The molecule has 1 saturated heterocycles. The lowest BCUT2D eigenvalue weighted by molar-refractivity contribution is 0.102. The SMILES string of the molecule is Cc1nc(Nc2ccc(NC(=O)c3ccccc3Br)cc2)cc(N2CCOCC2)n1. The molecule has 1 aromatic heterocycles. The highest BCUT2D eigenvalue weighted by Gasteiger charge is 2.14. The van der Waals surface area contributed by atoms with Gasteiger partial charge in [0, 0.05) is 35.0 Å². The predicted molar refractivity (Wildman–Crippen MR) is 122 cm³/mol. The van der Waals surface area contributed by atoms with Crippen LogP contribution < -0.4 is 15.5 Å². The Bertz CT molecular complexity index is 1040. The zero-order chi connectivity index (χ0) is 20.9. The van der Waals surface area contributed by atoms with Crippen LogP contribution in [0.1, 0.15) is 16.2 Å². The van der Waals surface area contributed by atoms with Crippen LogP contribution in [0.3, 0.4) is 0 Å². The first-order valence-electron chi connectivity index (χ1n) is 9.70. The number of ether oxygens (including phenoxy) is 1. The number of anilines is 4. The van der Waals surface area contributed by atoms with Crippen molar-refractivity contribution in [1.29, 1.82) is 0 Å². The number of carbonyl (C=O) groups is 1. The Hall–Kier alpha value is -2.97. The van der Waals surface area contributed by atoms with Crippen molar-refractivity contribution in [2.75, 3.05) is 41.8 Å². The number of nitrogens with one attached hydrogen (secondary N) is 2. The maximum absolute atomic E-state index is 12.4. The first kappa shape index (κ1) is 20.3. The molecule has 0 bridgehead atoms. The smallest absolute Gasteiger partial charge is 0.256 e. The number of rotatable bonds is 5. The van der Waals surface area contributed by atoms with E-state index in [4.69, 9.17) is 4.74 Å². The average molecular weight is 468 g/mol. The van der Waals surface area contributed by atoms with Crippen LogP contribution in [0.5, 0.6) is 0 Å². The second-order valence-electron chi connectivity index (χ2n) is 6.89. The molecule has 1 aliphatic rings. The highest BCUT2D eigenvalue weighted by molar-refractivity contribution is 9.10. The fourth-order valence-corrected chi connectivity index (χ4v) is 3.66. The number of hydrogen-bond donors (Lipinski definition) is 2. The lowest BCUT2D eigenvalue weighted by atomic mass is 10.2. The second kappa shape index (κ2) is 9.23. The Kier molecular flexibility index (Phi) is 6.25. The molecule has 1 fully saturated rings. The van der Waals surface area contributed by atoms with Gasteiger partial charge in [0.05, 0.1) is 18.8 Å². The van der Waals surface area contributed by atoms with Gasteiger partial charge in [0.15, 0.2) is 0 Å². The monoisotopic (exact) mass is 467 g/mol. The summed E-state index contributed by atoms with van der Waals surface area (Å²) in [5, 5.41) is 6.23. The van der Waals surface area contributed by atoms with E-state index < -0.39 is 0 Å². The van der Waals surface area contributed by atoms with E-state index in [9.17, 15) is 4.79 Å². The molecule has 0 saturated carbocycles. The summed E-state index contributed by atoms with van der Waals surface area (Å²) in [6.07, 6.45) is 0. The lowest BCUT2D eigenvalue weighted by Gasteiger charge is -2.28. The highest BCUT2D eigenvalue weighted by atomic mass is 79.9. The van der Waals surface area contributed by atoms with Gasteiger partial charge in [0.25, 0.3) is 5.91 Å². The molecule has 2 heterocycles. The second-order valence-corrected chi connectivity index (χ2v) is 7.75. The fourth-order valence-electron chi connectivity index (χ4n) is 3.20. The molecular formula is C22H22BrN5O2. The maximum atomic E-state index is 12.4. The van der Waals surface area contributed by atoms with Crippen LogP contribution in [-0.2, 0) is 4.74 Å². The van der Waals surface area contributed by atoms with Crippen LogP contribution in [0.15, 0.2) is 59.1 Å². The van der Waals surface area contributed by atoms with Gasteiger partial charge in [-0.25, -0.2) is 9.97 Å². The van der Waals surface area contributed by atoms with Gasteiger partial charge in [-0.15, -0.1) is 0 Å². The van der Waals surface area contributed by atoms with Crippen LogP contribution in [0, 0.1) is 6.92 Å². The van der Waals surface area contributed by atoms with Gasteiger partial charge in [0.2, 0.25) is 0 Å². The van der Waals surface area contributed by atoms with E-state index >= 15 is 0 Å². The number of aromatic nitrogens is 2. The number of nitrogens with zero attached hydrogens (tertiary/aromatic N) is 3. The van der Waals surface area contributed by atoms with Crippen molar-refractivity contribution < 1.29 is 9.53 Å². The van der Waals surface area contributed by atoms with E-state index in [1.54, 1.807) is 6.07 Å². The molecule has 7 nitrogen and oxygen atoms in total. The van der Waals surface area contributed by atoms with E-state index in [1.165, 1.54) is 0 Å². The Morgan fingerprint density at radius 3 is 2.47 bits per heavy atom. The molecule has 0 aliphatic carbocycles. The maximum Gasteiger partial charge on any atom is 0.256 e. The van der Waals surface area contributed by atoms with Crippen molar-refractivity contribution in [2.45, 2.75) is 6.92 Å². The summed E-state index contributed by atoms with van der Waals surface area (Å²) in [4.78, 5) is 23.7. The first-order chi connectivity index (χ1) is 14.6. The molecule has 3 aromatic rings. The normalized spacial score (nSPS) is 13.7. The van der Waals surface area contributed by atoms with E-state index in [-0.39, 0.29) is 5.91 Å². The molecule has 0 radical (unpaired) electrons. The summed E-state index contributed by atoms with van der Waals surface area (Å²) < 4.78 is 6.18. The van der Waals surface area contributed by atoms with Crippen molar-refractivity contribution in [1.82, 2.24) is 9.97 Å². The van der Waals surface area contributed by atoms with Crippen LogP contribution in [0.4, 0.5) is 23.0 Å². The van der Waals surface area contributed by atoms with Gasteiger partial charge >= 0.3 is 0 Å². The van der Waals surface area contributed by atoms with Crippen molar-refractivity contribution >= 4 is 44.8 Å². The van der Waals surface area contributed by atoms with Gasteiger partial charge in [-0.05, 0) is 59.3 Å². The van der Waals surface area contributed by atoms with Crippen LogP contribution in [0.25, 0.3) is 0 Å². The van der Waals surface area contributed by atoms with Crippen molar-refractivity contribution in [3.63, 3.8) is 0 Å². The number of aryl methyl sites for hydroxylation is 1. The summed E-state index contributed by atoms with van der Waals surface area (Å²) in [6.45, 7) is 4.94. The fraction of sp³-hybridized carbons (Fsp3) is 0.227. The minimum Gasteiger partial charge on any atom is -0.378 e.